The molecule has 0 unspecified atom stereocenters. The molecule has 0 bridgehead atoms. The summed E-state index contributed by atoms with van der Waals surface area (Å²) in [7, 11) is 1.33. The Morgan fingerprint density at radius 3 is 2.33 bits per heavy atom. The Morgan fingerprint density at radius 2 is 1.76 bits per heavy atom. The molecule has 0 aliphatic rings. The second kappa shape index (κ2) is 6.90. The number of carbonyl (C=O) groups is 1. The van der Waals surface area contributed by atoms with Crippen LogP contribution in [0.25, 0.3) is 0 Å². The highest BCUT2D eigenvalue weighted by molar-refractivity contribution is 5.82. The first-order chi connectivity index (χ1) is 10.1. The van der Waals surface area contributed by atoms with E-state index in [0.717, 1.165) is 16.9 Å². The van der Waals surface area contributed by atoms with Gasteiger partial charge in [0.15, 0.2) is 0 Å². The molecular formula is C17H19NO3. The van der Waals surface area contributed by atoms with Gasteiger partial charge in [0, 0.05) is 7.05 Å². The van der Waals surface area contributed by atoms with Crippen LogP contribution in [0.15, 0.2) is 54.6 Å². The van der Waals surface area contributed by atoms with Crippen LogP contribution in [0.1, 0.15) is 24.0 Å². The lowest BCUT2D eigenvalue weighted by Crippen LogP contribution is -2.27. The van der Waals surface area contributed by atoms with Crippen LogP contribution >= 0.6 is 0 Å². The van der Waals surface area contributed by atoms with Crippen LogP contribution in [0.5, 0.6) is 5.75 Å². The van der Waals surface area contributed by atoms with Crippen molar-refractivity contribution in [3.63, 3.8) is 0 Å². The average molecular weight is 285 g/mol. The Labute approximate surface area is 124 Å². The van der Waals surface area contributed by atoms with E-state index in [1.807, 2.05) is 54.6 Å². The van der Waals surface area contributed by atoms with Gasteiger partial charge in [-0.05, 0) is 30.2 Å². The lowest BCUT2D eigenvalue weighted by molar-refractivity contribution is -0.160. The van der Waals surface area contributed by atoms with Gasteiger partial charge in [-0.3, -0.25) is 10.0 Å². The molecule has 2 aromatic carbocycles. The van der Waals surface area contributed by atoms with Crippen molar-refractivity contribution in [2.45, 2.75) is 19.4 Å². The molecule has 0 heterocycles. The summed E-state index contributed by atoms with van der Waals surface area (Å²) in [6.45, 7) is 2.27. The number of ether oxygens (including phenoxy) is 1. The quantitative estimate of drug-likeness (QED) is 0.678. The Morgan fingerprint density at radius 1 is 1.14 bits per heavy atom. The predicted octanol–water partition coefficient (Wildman–Crippen LogP) is 3.22. The zero-order chi connectivity index (χ0) is 15.2. The standard InChI is InChI=1S/C17H19NO3/c1-13(17(19)18(2)20)15-8-10-16(11-9-15)21-12-14-6-4-3-5-7-14/h3-11,13,20H,12H2,1-2H3/t13-/m1/s1. The second-order valence-electron chi connectivity index (χ2n) is 4.93. The second-order valence-corrected chi connectivity index (χ2v) is 4.93. The Hall–Kier alpha value is -2.33. The first kappa shape index (κ1) is 15.1. The van der Waals surface area contributed by atoms with E-state index < -0.39 is 0 Å². The first-order valence-electron chi connectivity index (χ1n) is 6.81. The van der Waals surface area contributed by atoms with Crippen LogP contribution in [0.4, 0.5) is 0 Å². The largest absolute Gasteiger partial charge is 0.489 e. The predicted molar refractivity (Wildman–Crippen MR) is 80.2 cm³/mol. The molecule has 1 amide bonds. The van der Waals surface area contributed by atoms with E-state index in [1.165, 1.54) is 7.05 Å². The van der Waals surface area contributed by atoms with Gasteiger partial charge in [0.2, 0.25) is 0 Å². The fraction of sp³-hybridized carbons (Fsp3) is 0.235. The molecule has 0 radical (unpaired) electrons. The maximum Gasteiger partial charge on any atom is 0.252 e. The maximum absolute atomic E-state index is 11.7. The van der Waals surface area contributed by atoms with Gasteiger partial charge >= 0.3 is 0 Å². The highest BCUT2D eigenvalue weighted by Gasteiger charge is 2.17. The van der Waals surface area contributed by atoms with Crippen LogP contribution in [-0.4, -0.2) is 23.2 Å². The summed E-state index contributed by atoms with van der Waals surface area (Å²) in [5.74, 6) is 0.0238. The Bertz CT molecular complexity index is 579. The van der Waals surface area contributed by atoms with E-state index in [2.05, 4.69) is 0 Å². The van der Waals surface area contributed by atoms with E-state index in [1.54, 1.807) is 6.92 Å². The molecule has 21 heavy (non-hydrogen) atoms. The fourth-order valence-electron chi connectivity index (χ4n) is 2.02. The number of carbonyl (C=O) groups excluding carboxylic acids is 1. The lowest BCUT2D eigenvalue weighted by Gasteiger charge is -2.15. The SMILES string of the molecule is C[C@@H](C(=O)N(C)O)c1ccc(OCc2ccccc2)cc1. The van der Waals surface area contributed by atoms with Crippen LogP contribution < -0.4 is 4.74 Å². The van der Waals surface area contributed by atoms with Crippen molar-refractivity contribution in [1.82, 2.24) is 5.06 Å². The molecule has 4 nitrogen and oxygen atoms in total. The summed E-state index contributed by atoms with van der Waals surface area (Å²) >= 11 is 0. The molecule has 0 aromatic heterocycles. The van der Waals surface area contributed by atoms with E-state index >= 15 is 0 Å². The molecule has 1 N–H and O–H groups in total. The van der Waals surface area contributed by atoms with Gasteiger partial charge < -0.3 is 4.74 Å². The molecule has 0 aliphatic heterocycles. The lowest BCUT2D eigenvalue weighted by atomic mass is 10.0. The minimum atomic E-state index is -0.386. The van der Waals surface area contributed by atoms with Crippen LogP contribution in [-0.2, 0) is 11.4 Å². The maximum atomic E-state index is 11.7. The van der Waals surface area contributed by atoms with Gasteiger partial charge in [-0.15, -0.1) is 0 Å². The average Bonchev–Trinajstić information content (AvgIpc) is 2.53. The van der Waals surface area contributed by atoms with Gasteiger partial charge in [-0.1, -0.05) is 42.5 Å². The number of hydroxylamine groups is 2. The Balaban J connectivity index is 1.97. The van der Waals surface area contributed by atoms with Crippen molar-refractivity contribution < 1.29 is 14.7 Å². The topological polar surface area (TPSA) is 49.8 Å². The number of hydrogen-bond donors (Lipinski definition) is 1. The number of benzene rings is 2. The third-order valence-corrected chi connectivity index (χ3v) is 3.32. The molecular weight excluding hydrogens is 266 g/mol. The molecule has 0 spiro atoms. The van der Waals surface area contributed by atoms with Crippen molar-refractivity contribution >= 4 is 5.91 Å². The summed E-state index contributed by atoms with van der Waals surface area (Å²) in [6.07, 6.45) is 0. The minimum Gasteiger partial charge on any atom is -0.489 e. The Kier molecular flexibility index (Phi) is 4.95. The number of hydrogen-bond acceptors (Lipinski definition) is 3. The molecule has 2 aromatic rings. The molecule has 110 valence electrons. The van der Waals surface area contributed by atoms with Crippen molar-refractivity contribution in [3.8, 4) is 5.75 Å². The zero-order valence-corrected chi connectivity index (χ0v) is 12.2. The molecule has 0 saturated heterocycles. The molecule has 0 fully saturated rings. The fourth-order valence-corrected chi connectivity index (χ4v) is 2.02. The molecule has 2 rings (SSSR count). The number of nitrogens with zero attached hydrogens (tertiary/aromatic N) is 1. The van der Waals surface area contributed by atoms with Crippen molar-refractivity contribution in [2.75, 3.05) is 7.05 Å². The highest BCUT2D eigenvalue weighted by atomic mass is 16.5. The third-order valence-electron chi connectivity index (χ3n) is 3.32. The zero-order valence-electron chi connectivity index (χ0n) is 12.2. The molecule has 4 heteroatoms. The van der Waals surface area contributed by atoms with E-state index in [4.69, 9.17) is 4.74 Å². The van der Waals surface area contributed by atoms with Crippen LogP contribution in [0, 0.1) is 0 Å². The van der Waals surface area contributed by atoms with Gasteiger partial charge in [0.1, 0.15) is 12.4 Å². The summed E-state index contributed by atoms with van der Waals surface area (Å²) in [4.78, 5) is 11.7. The smallest absolute Gasteiger partial charge is 0.252 e. The van der Waals surface area contributed by atoms with Crippen molar-refractivity contribution in [3.05, 3.63) is 65.7 Å². The van der Waals surface area contributed by atoms with Crippen molar-refractivity contribution in [1.29, 1.82) is 0 Å². The van der Waals surface area contributed by atoms with Gasteiger partial charge in [0.25, 0.3) is 5.91 Å². The summed E-state index contributed by atoms with van der Waals surface area (Å²) in [6, 6.07) is 17.3. The molecule has 0 aliphatic carbocycles. The van der Waals surface area contributed by atoms with Crippen LogP contribution in [0.2, 0.25) is 0 Å². The number of likely N-dealkylation sites (N-methyl/N-ethyl adjacent to an activating group) is 1. The summed E-state index contributed by atoms with van der Waals surface area (Å²) < 4.78 is 5.69. The normalized spacial score (nSPS) is 11.8. The summed E-state index contributed by atoms with van der Waals surface area (Å²) in [5.41, 5.74) is 1.94. The van der Waals surface area contributed by atoms with Gasteiger partial charge in [0.05, 0.1) is 5.92 Å². The first-order valence-corrected chi connectivity index (χ1v) is 6.81. The minimum absolute atomic E-state index is 0.340. The van der Waals surface area contributed by atoms with Crippen molar-refractivity contribution in [2.24, 2.45) is 0 Å². The van der Waals surface area contributed by atoms with E-state index in [9.17, 15) is 10.0 Å². The van der Waals surface area contributed by atoms with Crippen LogP contribution in [0.3, 0.4) is 0 Å². The summed E-state index contributed by atoms with van der Waals surface area (Å²) in [5, 5.41) is 9.79. The van der Waals surface area contributed by atoms with E-state index in [-0.39, 0.29) is 11.8 Å². The number of amides is 1. The van der Waals surface area contributed by atoms with Gasteiger partial charge in [-0.25, -0.2) is 5.06 Å². The molecule has 1 atom stereocenters. The van der Waals surface area contributed by atoms with Gasteiger partial charge in [-0.2, -0.15) is 0 Å². The van der Waals surface area contributed by atoms with E-state index in [0.29, 0.717) is 11.7 Å². The monoisotopic (exact) mass is 285 g/mol. The highest BCUT2D eigenvalue weighted by Crippen LogP contribution is 2.21. The number of rotatable bonds is 5. The third kappa shape index (κ3) is 4.07. The molecule has 0 saturated carbocycles.